The first kappa shape index (κ1) is 19.4. The van der Waals surface area contributed by atoms with Crippen LogP contribution in [0.15, 0.2) is 64.6 Å². The van der Waals surface area contributed by atoms with Crippen molar-refractivity contribution in [3.05, 3.63) is 71.3 Å². The Kier molecular flexibility index (Phi) is 5.45. The van der Waals surface area contributed by atoms with E-state index in [0.29, 0.717) is 16.8 Å². The van der Waals surface area contributed by atoms with E-state index in [9.17, 15) is 30.3 Å². The average Bonchev–Trinajstić information content (AvgIpc) is 2.67. The summed E-state index contributed by atoms with van der Waals surface area (Å²) in [6, 6.07) is 12.2. The fraction of sp³-hybridized carbons (Fsp3) is 0. The maximum atomic E-state index is 11.3. The van der Waals surface area contributed by atoms with Gasteiger partial charge in [-0.25, -0.2) is 4.79 Å². The highest BCUT2D eigenvalue weighted by Gasteiger charge is 2.08. The molecule has 0 aromatic heterocycles. The third-order valence-electron chi connectivity index (χ3n) is 3.94. The summed E-state index contributed by atoms with van der Waals surface area (Å²) in [6.07, 6.45) is 2.66. The van der Waals surface area contributed by atoms with Crippen LogP contribution in [0.4, 0.5) is 11.4 Å². The number of aliphatic imine (C=N–C) groups is 2. The van der Waals surface area contributed by atoms with Gasteiger partial charge in [0.05, 0.1) is 16.9 Å². The lowest BCUT2D eigenvalue weighted by molar-refractivity contribution is 0.0697. The van der Waals surface area contributed by atoms with Gasteiger partial charge in [0.1, 0.15) is 23.0 Å². The van der Waals surface area contributed by atoms with Crippen LogP contribution >= 0.6 is 0 Å². The first-order valence-corrected chi connectivity index (χ1v) is 8.33. The summed E-state index contributed by atoms with van der Waals surface area (Å²) in [6.45, 7) is 0. The van der Waals surface area contributed by atoms with Crippen LogP contribution in [0.5, 0.6) is 23.0 Å². The lowest BCUT2D eigenvalue weighted by atomic mass is 10.1. The van der Waals surface area contributed by atoms with E-state index in [1.165, 1.54) is 61.0 Å². The number of benzene rings is 3. The largest absolute Gasteiger partial charge is 0.508 e. The van der Waals surface area contributed by atoms with Crippen molar-refractivity contribution >= 4 is 29.8 Å². The van der Waals surface area contributed by atoms with E-state index in [1.807, 2.05) is 0 Å². The number of hydrogen-bond donors (Lipinski definition) is 5. The number of phenols is 4. The molecule has 3 aromatic carbocycles. The van der Waals surface area contributed by atoms with E-state index in [2.05, 4.69) is 9.98 Å². The lowest BCUT2D eigenvalue weighted by Crippen LogP contribution is -1.95. The second kappa shape index (κ2) is 8.13. The summed E-state index contributed by atoms with van der Waals surface area (Å²) in [5.41, 5.74) is 1.19. The molecule has 0 fully saturated rings. The predicted molar refractivity (Wildman–Crippen MR) is 107 cm³/mol. The third-order valence-corrected chi connectivity index (χ3v) is 3.94. The van der Waals surface area contributed by atoms with Crippen molar-refractivity contribution in [2.45, 2.75) is 0 Å². The van der Waals surface area contributed by atoms with Gasteiger partial charge in [-0.3, -0.25) is 9.98 Å². The van der Waals surface area contributed by atoms with E-state index < -0.39 is 5.97 Å². The van der Waals surface area contributed by atoms with Gasteiger partial charge in [-0.2, -0.15) is 0 Å². The molecule has 5 N–H and O–H groups in total. The molecule has 0 atom stereocenters. The molecule has 0 unspecified atom stereocenters. The van der Waals surface area contributed by atoms with E-state index in [4.69, 9.17) is 0 Å². The molecule has 8 nitrogen and oxygen atoms in total. The Hall–Kier alpha value is -4.33. The van der Waals surface area contributed by atoms with Crippen LogP contribution in [0.1, 0.15) is 21.5 Å². The standard InChI is InChI=1S/C21H16N2O6/c24-15-4-1-13(19(26)8-15)10-22-17-6-3-12(21(28)29)7-18(17)23-11-14-2-5-16(25)9-20(14)27/h1-11,24-27H,(H,28,29). The topological polar surface area (TPSA) is 143 Å². The molecule has 0 saturated carbocycles. The number of rotatable bonds is 5. The molecule has 3 rings (SSSR count). The van der Waals surface area contributed by atoms with Gasteiger partial charge >= 0.3 is 5.97 Å². The molecule has 0 aliphatic rings. The summed E-state index contributed by atoms with van der Waals surface area (Å²) in [5.74, 6) is -1.70. The summed E-state index contributed by atoms with van der Waals surface area (Å²) >= 11 is 0. The maximum absolute atomic E-state index is 11.3. The molecule has 8 heteroatoms. The number of carbonyl (C=O) groups is 1. The number of carboxylic acids is 1. The van der Waals surface area contributed by atoms with Crippen molar-refractivity contribution in [3.63, 3.8) is 0 Å². The highest BCUT2D eigenvalue weighted by molar-refractivity contribution is 5.93. The fourth-order valence-electron chi connectivity index (χ4n) is 2.43. The number of aromatic carboxylic acids is 1. The van der Waals surface area contributed by atoms with Crippen molar-refractivity contribution in [1.29, 1.82) is 0 Å². The minimum atomic E-state index is -1.14. The molecule has 29 heavy (non-hydrogen) atoms. The van der Waals surface area contributed by atoms with Gasteiger partial charge in [0.25, 0.3) is 0 Å². The van der Waals surface area contributed by atoms with Gasteiger partial charge in [-0.1, -0.05) is 0 Å². The number of hydrogen-bond acceptors (Lipinski definition) is 7. The molecule has 0 spiro atoms. The molecule has 0 aliphatic carbocycles. The van der Waals surface area contributed by atoms with E-state index in [1.54, 1.807) is 0 Å². The predicted octanol–water partition coefficient (Wildman–Crippen LogP) is 3.71. The normalized spacial score (nSPS) is 11.3. The Bertz CT molecular complexity index is 1140. The molecule has 146 valence electrons. The number of aromatic hydroxyl groups is 4. The number of carboxylic acid groups (broad SMARTS) is 1. The lowest BCUT2D eigenvalue weighted by Gasteiger charge is -2.04. The van der Waals surface area contributed by atoms with Gasteiger partial charge < -0.3 is 25.5 Å². The SMILES string of the molecule is O=C(O)c1ccc(N=Cc2ccc(O)cc2O)c(N=Cc2ccc(O)cc2O)c1. The van der Waals surface area contributed by atoms with E-state index in [-0.39, 0.29) is 34.2 Å². The van der Waals surface area contributed by atoms with E-state index in [0.717, 1.165) is 6.07 Å². The summed E-state index contributed by atoms with van der Waals surface area (Å²) in [4.78, 5) is 19.7. The minimum absolute atomic E-state index is 0.00138. The van der Waals surface area contributed by atoms with E-state index >= 15 is 0 Å². The first-order chi connectivity index (χ1) is 13.8. The third kappa shape index (κ3) is 4.69. The quantitative estimate of drug-likeness (QED) is 0.419. The number of nitrogens with zero attached hydrogens (tertiary/aromatic N) is 2. The summed E-state index contributed by atoms with van der Waals surface area (Å²) in [5, 5.41) is 47.6. The molecule has 0 bridgehead atoms. The Balaban J connectivity index is 1.99. The van der Waals surface area contributed by atoms with Crippen LogP contribution in [0.2, 0.25) is 0 Å². The van der Waals surface area contributed by atoms with Crippen LogP contribution in [0.25, 0.3) is 0 Å². The molecule has 3 aromatic rings. The minimum Gasteiger partial charge on any atom is -0.508 e. The fourth-order valence-corrected chi connectivity index (χ4v) is 2.43. The van der Waals surface area contributed by atoms with Crippen LogP contribution in [0, 0.1) is 0 Å². The van der Waals surface area contributed by atoms with Crippen LogP contribution in [0.3, 0.4) is 0 Å². The van der Waals surface area contributed by atoms with Gasteiger partial charge in [0.2, 0.25) is 0 Å². The summed E-state index contributed by atoms with van der Waals surface area (Å²) < 4.78 is 0. The first-order valence-electron chi connectivity index (χ1n) is 8.33. The van der Waals surface area contributed by atoms with Gasteiger partial charge in [0.15, 0.2) is 0 Å². The molecule has 0 radical (unpaired) electrons. The van der Waals surface area contributed by atoms with Crippen LogP contribution < -0.4 is 0 Å². The van der Waals surface area contributed by atoms with Gasteiger partial charge in [-0.05, 0) is 42.5 Å². The Morgan fingerprint density at radius 2 is 1.21 bits per heavy atom. The molecular formula is C21H16N2O6. The second-order valence-corrected chi connectivity index (χ2v) is 6.01. The van der Waals surface area contributed by atoms with Crippen molar-refractivity contribution < 1.29 is 30.3 Å². The molecule has 0 heterocycles. The maximum Gasteiger partial charge on any atom is 0.335 e. The monoisotopic (exact) mass is 392 g/mol. The molecule has 0 saturated heterocycles. The van der Waals surface area contributed by atoms with Crippen molar-refractivity contribution in [2.24, 2.45) is 9.98 Å². The van der Waals surface area contributed by atoms with Crippen molar-refractivity contribution in [1.82, 2.24) is 0 Å². The van der Waals surface area contributed by atoms with Crippen molar-refractivity contribution in [3.8, 4) is 23.0 Å². The Morgan fingerprint density at radius 3 is 1.69 bits per heavy atom. The summed E-state index contributed by atoms with van der Waals surface area (Å²) in [7, 11) is 0. The van der Waals surface area contributed by atoms with Crippen LogP contribution in [-0.4, -0.2) is 43.9 Å². The number of phenolic OH excluding ortho intramolecular Hbond substituents is 4. The molecule has 0 amide bonds. The molecule has 0 aliphatic heterocycles. The smallest absolute Gasteiger partial charge is 0.335 e. The van der Waals surface area contributed by atoms with Gasteiger partial charge in [0, 0.05) is 35.7 Å². The average molecular weight is 392 g/mol. The Morgan fingerprint density at radius 1 is 0.690 bits per heavy atom. The van der Waals surface area contributed by atoms with Crippen molar-refractivity contribution in [2.75, 3.05) is 0 Å². The zero-order valence-corrected chi connectivity index (χ0v) is 14.9. The zero-order valence-electron chi connectivity index (χ0n) is 14.9. The zero-order chi connectivity index (χ0) is 21.0. The molecular weight excluding hydrogens is 376 g/mol. The highest BCUT2D eigenvalue weighted by atomic mass is 16.4. The highest BCUT2D eigenvalue weighted by Crippen LogP contribution is 2.31. The van der Waals surface area contributed by atoms with Gasteiger partial charge in [-0.15, -0.1) is 0 Å². The van der Waals surface area contributed by atoms with Crippen LogP contribution in [-0.2, 0) is 0 Å². The second-order valence-electron chi connectivity index (χ2n) is 6.01. The Labute approximate surface area is 165 Å².